The molecule has 0 spiro atoms. The molecule has 0 amide bonds. The van der Waals surface area contributed by atoms with Gasteiger partial charge in [-0.25, -0.2) is 0 Å². The molecule has 0 unspecified atom stereocenters. The third kappa shape index (κ3) is 2.44. The fraction of sp³-hybridized carbons (Fsp3) is 0.333. The lowest BCUT2D eigenvalue weighted by Crippen LogP contribution is -2.19. The molecular weight excluding hydrogens is 240 g/mol. The molecule has 2 aromatic rings. The Morgan fingerprint density at radius 1 is 1.26 bits per heavy atom. The minimum atomic E-state index is 0.268. The molecule has 1 aliphatic rings. The summed E-state index contributed by atoms with van der Waals surface area (Å²) in [4.78, 5) is 0. The number of rotatable bonds is 4. The van der Waals surface area contributed by atoms with Gasteiger partial charge in [0.2, 0.25) is 6.79 Å². The average Bonchev–Trinajstić information content (AvgIpc) is 3.03. The smallest absolute Gasteiger partial charge is 0.231 e. The van der Waals surface area contributed by atoms with Crippen LogP contribution in [0.5, 0.6) is 11.5 Å². The van der Waals surface area contributed by atoms with Crippen molar-refractivity contribution in [3.05, 3.63) is 47.8 Å². The molecule has 1 atom stereocenters. The zero-order chi connectivity index (χ0) is 13.2. The highest BCUT2D eigenvalue weighted by atomic mass is 16.7. The first-order chi connectivity index (χ1) is 9.24. The summed E-state index contributed by atoms with van der Waals surface area (Å²) in [6.07, 6.45) is 2.06. The van der Waals surface area contributed by atoms with Gasteiger partial charge in [-0.3, -0.25) is 0 Å². The van der Waals surface area contributed by atoms with E-state index in [1.165, 1.54) is 11.3 Å². The third-order valence-electron chi connectivity index (χ3n) is 3.54. The number of hydrogen-bond acceptors (Lipinski definition) is 3. The SMILES string of the molecule is C[C@H](NCc1cccn1C)c1ccc2c(c1)OCO2. The minimum Gasteiger partial charge on any atom is -0.454 e. The van der Waals surface area contributed by atoms with Crippen LogP contribution >= 0.6 is 0 Å². The average molecular weight is 258 g/mol. The topological polar surface area (TPSA) is 35.4 Å². The molecule has 1 aromatic carbocycles. The number of nitrogens with zero attached hydrogens (tertiary/aromatic N) is 1. The highest BCUT2D eigenvalue weighted by Gasteiger charge is 2.15. The fourth-order valence-electron chi connectivity index (χ4n) is 2.24. The molecule has 1 aliphatic heterocycles. The summed E-state index contributed by atoms with van der Waals surface area (Å²) in [5.41, 5.74) is 2.48. The molecule has 0 fully saturated rings. The van der Waals surface area contributed by atoms with Crippen molar-refractivity contribution in [3.8, 4) is 11.5 Å². The molecule has 4 nitrogen and oxygen atoms in total. The summed E-state index contributed by atoms with van der Waals surface area (Å²) >= 11 is 0. The van der Waals surface area contributed by atoms with Gasteiger partial charge in [0.15, 0.2) is 11.5 Å². The van der Waals surface area contributed by atoms with Crippen LogP contribution in [0.3, 0.4) is 0 Å². The second-order valence-corrected chi connectivity index (χ2v) is 4.83. The maximum absolute atomic E-state index is 5.40. The standard InChI is InChI=1S/C15H18N2O2/c1-11(16-9-13-4-3-7-17(13)2)12-5-6-14-15(8-12)19-10-18-14/h3-8,11,16H,9-10H2,1-2H3/t11-/m0/s1. The molecule has 2 heterocycles. The number of benzene rings is 1. The number of nitrogens with one attached hydrogen (secondary N) is 1. The van der Waals surface area contributed by atoms with Crippen molar-refractivity contribution < 1.29 is 9.47 Å². The third-order valence-corrected chi connectivity index (χ3v) is 3.54. The van der Waals surface area contributed by atoms with Crippen molar-refractivity contribution in [1.82, 2.24) is 9.88 Å². The van der Waals surface area contributed by atoms with Crippen molar-refractivity contribution in [1.29, 1.82) is 0 Å². The van der Waals surface area contributed by atoms with Crippen LogP contribution in [0, 0.1) is 0 Å². The van der Waals surface area contributed by atoms with E-state index in [-0.39, 0.29) is 6.04 Å². The number of aromatic nitrogens is 1. The Kier molecular flexibility index (Phi) is 3.17. The van der Waals surface area contributed by atoms with E-state index in [2.05, 4.69) is 48.3 Å². The van der Waals surface area contributed by atoms with Crippen molar-refractivity contribution in [2.24, 2.45) is 7.05 Å². The van der Waals surface area contributed by atoms with Crippen LogP contribution in [0.1, 0.15) is 24.2 Å². The lowest BCUT2D eigenvalue weighted by molar-refractivity contribution is 0.174. The van der Waals surface area contributed by atoms with Crippen LogP contribution in [0.15, 0.2) is 36.5 Å². The minimum absolute atomic E-state index is 0.268. The summed E-state index contributed by atoms with van der Waals surface area (Å²) in [5, 5.41) is 3.52. The van der Waals surface area contributed by atoms with Crippen molar-refractivity contribution >= 4 is 0 Å². The van der Waals surface area contributed by atoms with Gasteiger partial charge in [-0.1, -0.05) is 6.07 Å². The van der Waals surface area contributed by atoms with Crippen LogP contribution in [0.2, 0.25) is 0 Å². The quantitative estimate of drug-likeness (QED) is 0.915. The number of hydrogen-bond donors (Lipinski definition) is 1. The first-order valence-corrected chi connectivity index (χ1v) is 6.47. The lowest BCUT2D eigenvalue weighted by atomic mass is 10.1. The molecule has 0 saturated heterocycles. The van der Waals surface area contributed by atoms with Gasteiger partial charge in [0.1, 0.15) is 0 Å². The highest BCUT2D eigenvalue weighted by molar-refractivity contribution is 5.45. The van der Waals surface area contributed by atoms with E-state index in [1.807, 2.05) is 12.1 Å². The maximum atomic E-state index is 5.40. The predicted octanol–water partition coefficient (Wildman–Crippen LogP) is 2.60. The predicted molar refractivity (Wildman–Crippen MR) is 73.2 cm³/mol. The molecular formula is C15H18N2O2. The van der Waals surface area contributed by atoms with E-state index < -0.39 is 0 Å². The van der Waals surface area contributed by atoms with Gasteiger partial charge in [-0.2, -0.15) is 0 Å². The fourth-order valence-corrected chi connectivity index (χ4v) is 2.24. The Labute approximate surface area is 113 Å². The Morgan fingerprint density at radius 2 is 2.11 bits per heavy atom. The van der Waals surface area contributed by atoms with Crippen molar-refractivity contribution in [2.45, 2.75) is 19.5 Å². The normalized spacial score (nSPS) is 14.6. The van der Waals surface area contributed by atoms with E-state index in [4.69, 9.17) is 9.47 Å². The maximum Gasteiger partial charge on any atom is 0.231 e. The molecule has 0 aliphatic carbocycles. The van der Waals surface area contributed by atoms with Gasteiger partial charge in [-0.15, -0.1) is 0 Å². The summed E-state index contributed by atoms with van der Waals surface area (Å²) in [6, 6.07) is 10.5. The van der Waals surface area contributed by atoms with Crippen molar-refractivity contribution in [3.63, 3.8) is 0 Å². The molecule has 0 radical (unpaired) electrons. The molecule has 4 heteroatoms. The molecule has 1 N–H and O–H groups in total. The second-order valence-electron chi connectivity index (χ2n) is 4.83. The lowest BCUT2D eigenvalue weighted by Gasteiger charge is -2.15. The van der Waals surface area contributed by atoms with Gasteiger partial charge < -0.3 is 19.4 Å². The van der Waals surface area contributed by atoms with Crippen LogP contribution < -0.4 is 14.8 Å². The highest BCUT2D eigenvalue weighted by Crippen LogP contribution is 2.34. The number of fused-ring (bicyclic) bond motifs is 1. The summed E-state index contributed by atoms with van der Waals surface area (Å²) in [5.74, 6) is 1.67. The summed E-state index contributed by atoms with van der Waals surface area (Å²) in [6.45, 7) is 3.32. The van der Waals surface area contributed by atoms with Crippen LogP contribution in [0.4, 0.5) is 0 Å². The van der Waals surface area contributed by atoms with Crippen LogP contribution in [0.25, 0.3) is 0 Å². The van der Waals surface area contributed by atoms with E-state index >= 15 is 0 Å². The molecule has 19 heavy (non-hydrogen) atoms. The largest absolute Gasteiger partial charge is 0.454 e. The van der Waals surface area contributed by atoms with Gasteiger partial charge in [0.25, 0.3) is 0 Å². The monoisotopic (exact) mass is 258 g/mol. The molecule has 100 valence electrons. The first kappa shape index (κ1) is 12.1. The van der Waals surface area contributed by atoms with Gasteiger partial charge >= 0.3 is 0 Å². The molecule has 3 rings (SSSR count). The summed E-state index contributed by atoms with van der Waals surface area (Å²) in [7, 11) is 2.06. The van der Waals surface area contributed by atoms with Gasteiger partial charge in [0.05, 0.1) is 0 Å². The molecule has 0 saturated carbocycles. The van der Waals surface area contributed by atoms with Gasteiger partial charge in [-0.05, 0) is 36.8 Å². The van der Waals surface area contributed by atoms with Crippen LogP contribution in [-0.4, -0.2) is 11.4 Å². The Bertz CT molecular complexity index is 577. The Hall–Kier alpha value is -1.94. The Balaban J connectivity index is 1.67. The Morgan fingerprint density at radius 3 is 2.89 bits per heavy atom. The van der Waals surface area contributed by atoms with E-state index in [0.717, 1.165) is 18.0 Å². The number of ether oxygens (including phenoxy) is 2. The molecule has 0 bridgehead atoms. The number of aryl methyl sites for hydroxylation is 1. The summed E-state index contributed by atoms with van der Waals surface area (Å²) < 4.78 is 12.9. The van der Waals surface area contributed by atoms with E-state index in [9.17, 15) is 0 Å². The zero-order valence-corrected chi connectivity index (χ0v) is 11.2. The first-order valence-electron chi connectivity index (χ1n) is 6.47. The van der Waals surface area contributed by atoms with E-state index in [0.29, 0.717) is 6.79 Å². The van der Waals surface area contributed by atoms with Crippen LogP contribution in [-0.2, 0) is 13.6 Å². The second kappa shape index (κ2) is 4.97. The van der Waals surface area contributed by atoms with Gasteiger partial charge in [0, 0.05) is 31.5 Å². The van der Waals surface area contributed by atoms with Crippen molar-refractivity contribution in [2.75, 3.05) is 6.79 Å². The molecule has 1 aromatic heterocycles. The zero-order valence-electron chi connectivity index (χ0n) is 11.2. The van der Waals surface area contributed by atoms with E-state index in [1.54, 1.807) is 0 Å².